The SMILES string of the molecule is O=C(CSc1cccc(NC(=O)/C(=C/c2ccccc2F)NC(=O)c2ccccc2)c1)Nc1cccc(C(F)(F)F)c1. The highest BCUT2D eigenvalue weighted by Crippen LogP contribution is 2.31. The molecule has 11 heteroatoms. The van der Waals surface area contributed by atoms with Crippen molar-refractivity contribution in [3.63, 3.8) is 0 Å². The van der Waals surface area contributed by atoms with E-state index in [0.717, 1.165) is 23.9 Å². The van der Waals surface area contributed by atoms with Gasteiger partial charge in [0.25, 0.3) is 11.8 Å². The second-order valence-electron chi connectivity index (χ2n) is 8.80. The number of anilines is 2. The Morgan fingerprint density at radius 1 is 0.762 bits per heavy atom. The average molecular weight is 594 g/mol. The van der Waals surface area contributed by atoms with E-state index in [1.54, 1.807) is 60.7 Å². The zero-order chi connectivity index (χ0) is 30.1. The van der Waals surface area contributed by atoms with Gasteiger partial charge >= 0.3 is 6.18 Å². The molecule has 42 heavy (non-hydrogen) atoms. The van der Waals surface area contributed by atoms with E-state index in [1.165, 1.54) is 36.4 Å². The first-order valence-electron chi connectivity index (χ1n) is 12.4. The van der Waals surface area contributed by atoms with Crippen LogP contribution in [-0.4, -0.2) is 23.5 Å². The van der Waals surface area contributed by atoms with Gasteiger partial charge in [0.1, 0.15) is 11.5 Å². The molecule has 0 heterocycles. The number of carbonyl (C=O) groups excluding carboxylic acids is 3. The molecular formula is C31H23F4N3O3S. The summed E-state index contributed by atoms with van der Waals surface area (Å²) in [5.41, 5.74) is -0.342. The maximum atomic E-state index is 14.3. The van der Waals surface area contributed by atoms with Crippen molar-refractivity contribution in [3.05, 3.63) is 131 Å². The van der Waals surface area contributed by atoms with Crippen LogP contribution >= 0.6 is 11.8 Å². The van der Waals surface area contributed by atoms with E-state index in [9.17, 15) is 31.9 Å². The smallest absolute Gasteiger partial charge is 0.325 e. The molecule has 4 aromatic rings. The van der Waals surface area contributed by atoms with E-state index in [4.69, 9.17) is 0 Å². The Balaban J connectivity index is 1.44. The number of amides is 3. The lowest BCUT2D eigenvalue weighted by atomic mass is 10.1. The predicted octanol–water partition coefficient (Wildman–Crippen LogP) is 6.98. The van der Waals surface area contributed by atoms with Crippen LogP contribution in [0.2, 0.25) is 0 Å². The molecule has 0 spiro atoms. The van der Waals surface area contributed by atoms with Crippen molar-refractivity contribution in [1.82, 2.24) is 5.32 Å². The fourth-order valence-corrected chi connectivity index (χ4v) is 4.43. The summed E-state index contributed by atoms with van der Waals surface area (Å²) < 4.78 is 53.1. The number of hydrogen-bond acceptors (Lipinski definition) is 4. The summed E-state index contributed by atoms with van der Waals surface area (Å²) in [5, 5.41) is 7.63. The quantitative estimate of drug-likeness (QED) is 0.111. The molecule has 6 nitrogen and oxygen atoms in total. The first kappa shape index (κ1) is 30.1. The number of rotatable bonds is 9. The second-order valence-corrected chi connectivity index (χ2v) is 9.85. The molecule has 0 aliphatic heterocycles. The lowest BCUT2D eigenvalue weighted by Gasteiger charge is -2.12. The molecule has 0 fully saturated rings. The Labute approximate surface area is 242 Å². The Hall–Kier alpha value is -4.90. The third-order valence-electron chi connectivity index (χ3n) is 5.67. The van der Waals surface area contributed by atoms with E-state index in [0.29, 0.717) is 16.1 Å². The highest BCUT2D eigenvalue weighted by atomic mass is 32.2. The second kappa shape index (κ2) is 13.6. The van der Waals surface area contributed by atoms with Crippen molar-refractivity contribution in [2.75, 3.05) is 16.4 Å². The van der Waals surface area contributed by atoms with Crippen molar-refractivity contribution in [1.29, 1.82) is 0 Å². The summed E-state index contributed by atoms with van der Waals surface area (Å²) in [5.74, 6) is -2.50. The lowest BCUT2D eigenvalue weighted by molar-refractivity contribution is -0.137. The lowest BCUT2D eigenvalue weighted by Crippen LogP contribution is -2.30. The number of nitrogens with one attached hydrogen (secondary N) is 3. The van der Waals surface area contributed by atoms with Crippen LogP contribution in [-0.2, 0) is 15.8 Å². The molecule has 0 unspecified atom stereocenters. The molecule has 0 aromatic heterocycles. The van der Waals surface area contributed by atoms with Gasteiger partial charge in [-0.3, -0.25) is 14.4 Å². The van der Waals surface area contributed by atoms with E-state index < -0.39 is 35.3 Å². The zero-order valence-corrected chi connectivity index (χ0v) is 22.6. The minimum atomic E-state index is -4.53. The number of benzene rings is 4. The molecule has 4 rings (SSSR count). The number of carbonyl (C=O) groups is 3. The standard InChI is InChI=1S/C31H23F4N3O3S/c32-26-15-5-4-10-21(26)16-27(38-29(40)20-8-2-1-3-9-20)30(41)37-24-13-7-14-25(18-24)42-19-28(39)36-23-12-6-11-22(17-23)31(33,34)35/h1-18H,19H2,(H,36,39)(H,37,41)(H,38,40)/b27-16-. The third kappa shape index (κ3) is 8.55. The molecule has 0 bridgehead atoms. The first-order valence-corrected chi connectivity index (χ1v) is 13.4. The minimum absolute atomic E-state index is 0.0168. The fraction of sp³-hybridized carbons (Fsp3) is 0.0645. The van der Waals surface area contributed by atoms with Crippen molar-refractivity contribution in [2.24, 2.45) is 0 Å². The van der Waals surface area contributed by atoms with Gasteiger partial charge in [0, 0.05) is 27.4 Å². The van der Waals surface area contributed by atoms with E-state index >= 15 is 0 Å². The van der Waals surface area contributed by atoms with Gasteiger partial charge in [-0.1, -0.05) is 48.5 Å². The summed E-state index contributed by atoms with van der Waals surface area (Å²) in [6.07, 6.45) is -3.31. The number of alkyl halides is 3. The topological polar surface area (TPSA) is 87.3 Å². The molecule has 3 amide bonds. The van der Waals surface area contributed by atoms with E-state index in [2.05, 4.69) is 16.0 Å². The van der Waals surface area contributed by atoms with Crippen molar-refractivity contribution < 1.29 is 31.9 Å². The summed E-state index contributed by atoms with van der Waals surface area (Å²) >= 11 is 1.10. The molecular weight excluding hydrogens is 570 g/mol. The summed E-state index contributed by atoms with van der Waals surface area (Å²) in [6, 6.07) is 24.8. The van der Waals surface area contributed by atoms with Gasteiger partial charge in [0.2, 0.25) is 5.91 Å². The molecule has 4 aromatic carbocycles. The van der Waals surface area contributed by atoms with Crippen molar-refractivity contribution >= 4 is 46.9 Å². The summed E-state index contributed by atoms with van der Waals surface area (Å²) in [7, 11) is 0. The van der Waals surface area contributed by atoms with Gasteiger partial charge in [0.15, 0.2) is 0 Å². The van der Waals surface area contributed by atoms with Crippen LogP contribution in [0.5, 0.6) is 0 Å². The monoisotopic (exact) mass is 593 g/mol. The van der Waals surface area contributed by atoms with Crippen LogP contribution in [0.4, 0.5) is 28.9 Å². The van der Waals surface area contributed by atoms with Gasteiger partial charge in [-0.2, -0.15) is 13.2 Å². The van der Waals surface area contributed by atoms with Crippen LogP contribution in [0.25, 0.3) is 6.08 Å². The van der Waals surface area contributed by atoms with Crippen molar-refractivity contribution in [3.8, 4) is 0 Å². The number of halogens is 4. The van der Waals surface area contributed by atoms with Crippen molar-refractivity contribution in [2.45, 2.75) is 11.1 Å². The number of thioether (sulfide) groups is 1. The first-order chi connectivity index (χ1) is 20.1. The Morgan fingerprint density at radius 2 is 1.43 bits per heavy atom. The minimum Gasteiger partial charge on any atom is -0.325 e. The molecule has 0 aliphatic carbocycles. The molecule has 0 aliphatic rings. The fourth-order valence-electron chi connectivity index (χ4n) is 3.67. The van der Waals surface area contributed by atoms with Crippen LogP contribution in [0.15, 0.2) is 114 Å². The van der Waals surface area contributed by atoms with Gasteiger partial charge in [-0.15, -0.1) is 11.8 Å². The average Bonchev–Trinajstić information content (AvgIpc) is 2.97. The normalized spacial score (nSPS) is 11.5. The van der Waals surface area contributed by atoms with E-state index in [-0.39, 0.29) is 22.7 Å². The van der Waals surface area contributed by atoms with E-state index in [1.807, 2.05) is 0 Å². The zero-order valence-electron chi connectivity index (χ0n) is 21.7. The molecule has 214 valence electrons. The van der Waals surface area contributed by atoms with Gasteiger partial charge in [-0.25, -0.2) is 4.39 Å². The Morgan fingerprint density at radius 3 is 2.14 bits per heavy atom. The highest BCUT2D eigenvalue weighted by Gasteiger charge is 2.30. The van der Waals surface area contributed by atoms with Crippen LogP contribution in [0, 0.1) is 5.82 Å². The van der Waals surface area contributed by atoms with Crippen LogP contribution < -0.4 is 16.0 Å². The molecule has 0 saturated carbocycles. The number of hydrogen-bond donors (Lipinski definition) is 3. The van der Waals surface area contributed by atoms with Crippen LogP contribution in [0.1, 0.15) is 21.5 Å². The molecule has 0 saturated heterocycles. The maximum absolute atomic E-state index is 14.3. The summed E-state index contributed by atoms with van der Waals surface area (Å²) in [6.45, 7) is 0. The highest BCUT2D eigenvalue weighted by molar-refractivity contribution is 8.00. The predicted molar refractivity (Wildman–Crippen MR) is 154 cm³/mol. The molecule has 0 radical (unpaired) electrons. The maximum Gasteiger partial charge on any atom is 0.416 e. The Bertz CT molecular complexity index is 1630. The largest absolute Gasteiger partial charge is 0.416 e. The van der Waals surface area contributed by atoms with Crippen LogP contribution in [0.3, 0.4) is 0 Å². The Kier molecular flexibility index (Phi) is 9.77. The third-order valence-corrected chi connectivity index (χ3v) is 6.66. The molecule has 3 N–H and O–H groups in total. The van der Waals surface area contributed by atoms with Gasteiger partial charge in [-0.05, 0) is 60.7 Å². The summed E-state index contributed by atoms with van der Waals surface area (Å²) in [4.78, 5) is 38.9. The van der Waals surface area contributed by atoms with Gasteiger partial charge in [0.05, 0.1) is 11.3 Å². The molecule has 0 atom stereocenters. The van der Waals surface area contributed by atoms with Gasteiger partial charge < -0.3 is 16.0 Å².